The molecule has 1 aromatic rings. The summed E-state index contributed by atoms with van der Waals surface area (Å²) in [4.78, 5) is 2.48. The van der Waals surface area contributed by atoms with Crippen molar-refractivity contribution in [2.75, 3.05) is 19.6 Å². The molecule has 0 amide bonds. The van der Waals surface area contributed by atoms with Crippen LogP contribution in [0, 0.1) is 13.8 Å². The molecular formula is C12H21N3O. The Morgan fingerprint density at radius 1 is 1.50 bits per heavy atom. The van der Waals surface area contributed by atoms with Crippen LogP contribution in [0.3, 0.4) is 0 Å². The quantitative estimate of drug-likeness (QED) is 0.842. The van der Waals surface area contributed by atoms with Crippen LogP contribution >= 0.6 is 0 Å². The number of rotatable bonds is 3. The Kier molecular flexibility index (Phi) is 3.61. The summed E-state index contributed by atoms with van der Waals surface area (Å²) in [6.07, 6.45) is 1.19. The Balaban J connectivity index is 1.99. The maximum Gasteiger partial charge on any atom is 0.138 e. The van der Waals surface area contributed by atoms with Gasteiger partial charge < -0.3 is 9.84 Å². The molecule has 0 radical (unpaired) electrons. The second-order valence-corrected chi connectivity index (χ2v) is 4.60. The van der Waals surface area contributed by atoms with Gasteiger partial charge in [0, 0.05) is 37.8 Å². The van der Waals surface area contributed by atoms with Crippen LogP contribution in [0.4, 0.5) is 0 Å². The summed E-state index contributed by atoms with van der Waals surface area (Å²) < 4.78 is 5.20. The van der Waals surface area contributed by atoms with Gasteiger partial charge in [-0.05, 0) is 20.3 Å². The zero-order valence-electron chi connectivity index (χ0n) is 10.4. The van der Waals surface area contributed by atoms with E-state index in [0.717, 1.165) is 37.6 Å². The zero-order chi connectivity index (χ0) is 11.5. The standard InChI is InChI=1S/C12H21N3O/c1-4-11-7-15(6-5-13-11)8-12-9(2)14-16-10(12)3/h11,13H,4-8H2,1-3H3. The van der Waals surface area contributed by atoms with Crippen molar-refractivity contribution < 1.29 is 4.52 Å². The van der Waals surface area contributed by atoms with Gasteiger partial charge in [0.2, 0.25) is 0 Å². The van der Waals surface area contributed by atoms with Crippen molar-refractivity contribution in [3.8, 4) is 0 Å². The minimum atomic E-state index is 0.634. The summed E-state index contributed by atoms with van der Waals surface area (Å²) in [6.45, 7) is 10.5. The monoisotopic (exact) mass is 223 g/mol. The topological polar surface area (TPSA) is 41.3 Å². The summed E-state index contributed by atoms with van der Waals surface area (Å²) >= 11 is 0. The van der Waals surface area contributed by atoms with E-state index in [1.54, 1.807) is 0 Å². The second-order valence-electron chi connectivity index (χ2n) is 4.60. The minimum Gasteiger partial charge on any atom is -0.361 e. The molecule has 2 heterocycles. The van der Waals surface area contributed by atoms with Crippen molar-refractivity contribution >= 4 is 0 Å². The number of hydrogen-bond acceptors (Lipinski definition) is 4. The number of nitrogens with zero attached hydrogens (tertiary/aromatic N) is 2. The van der Waals surface area contributed by atoms with Crippen molar-refractivity contribution in [3.05, 3.63) is 17.0 Å². The molecule has 90 valence electrons. The van der Waals surface area contributed by atoms with Crippen molar-refractivity contribution in [1.29, 1.82) is 0 Å². The summed E-state index contributed by atoms with van der Waals surface area (Å²) in [6, 6.07) is 0.634. The highest BCUT2D eigenvalue weighted by atomic mass is 16.5. The van der Waals surface area contributed by atoms with Gasteiger partial charge >= 0.3 is 0 Å². The van der Waals surface area contributed by atoms with Crippen LogP contribution in [-0.4, -0.2) is 35.7 Å². The largest absolute Gasteiger partial charge is 0.361 e. The molecule has 1 N–H and O–H groups in total. The molecule has 0 saturated carbocycles. The van der Waals surface area contributed by atoms with Gasteiger partial charge in [0.15, 0.2) is 0 Å². The number of aromatic nitrogens is 1. The smallest absolute Gasteiger partial charge is 0.138 e. The van der Waals surface area contributed by atoms with Crippen molar-refractivity contribution in [2.24, 2.45) is 0 Å². The molecule has 1 atom stereocenters. The van der Waals surface area contributed by atoms with Crippen LogP contribution in [0.2, 0.25) is 0 Å². The van der Waals surface area contributed by atoms with E-state index >= 15 is 0 Å². The summed E-state index contributed by atoms with van der Waals surface area (Å²) in [5.41, 5.74) is 2.29. The Hall–Kier alpha value is -0.870. The maximum absolute atomic E-state index is 5.20. The first kappa shape index (κ1) is 11.6. The van der Waals surface area contributed by atoms with Crippen LogP contribution in [0.15, 0.2) is 4.52 Å². The predicted octanol–water partition coefficient (Wildman–Crippen LogP) is 1.48. The summed E-state index contributed by atoms with van der Waals surface area (Å²) in [7, 11) is 0. The van der Waals surface area contributed by atoms with E-state index in [1.807, 2.05) is 13.8 Å². The third kappa shape index (κ3) is 2.44. The molecule has 1 aromatic heterocycles. The molecule has 16 heavy (non-hydrogen) atoms. The lowest BCUT2D eigenvalue weighted by Crippen LogP contribution is -2.49. The molecule has 0 bridgehead atoms. The summed E-state index contributed by atoms with van der Waals surface area (Å²) in [5, 5.41) is 7.53. The normalized spacial score (nSPS) is 22.6. The van der Waals surface area contributed by atoms with Crippen LogP contribution < -0.4 is 5.32 Å². The van der Waals surface area contributed by atoms with Crippen LogP contribution in [0.5, 0.6) is 0 Å². The van der Waals surface area contributed by atoms with Crippen molar-refractivity contribution in [2.45, 2.75) is 39.8 Å². The molecule has 4 heteroatoms. The third-order valence-electron chi connectivity index (χ3n) is 3.40. The van der Waals surface area contributed by atoms with Crippen LogP contribution in [0.25, 0.3) is 0 Å². The van der Waals surface area contributed by atoms with Crippen molar-refractivity contribution in [3.63, 3.8) is 0 Å². The minimum absolute atomic E-state index is 0.634. The molecule has 1 unspecified atom stereocenters. The molecule has 1 aliphatic heterocycles. The Bertz CT molecular complexity index is 329. The SMILES string of the molecule is CCC1CN(Cc2c(C)noc2C)CCN1. The highest BCUT2D eigenvalue weighted by Gasteiger charge is 2.20. The maximum atomic E-state index is 5.20. The van der Waals surface area contributed by atoms with Gasteiger partial charge in [-0.3, -0.25) is 4.90 Å². The van der Waals surface area contributed by atoms with Gasteiger partial charge in [0.1, 0.15) is 5.76 Å². The van der Waals surface area contributed by atoms with Gasteiger partial charge in [-0.25, -0.2) is 0 Å². The average molecular weight is 223 g/mol. The molecule has 1 fully saturated rings. The van der Waals surface area contributed by atoms with Crippen LogP contribution in [0.1, 0.15) is 30.4 Å². The van der Waals surface area contributed by atoms with Gasteiger partial charge in [-0.2, -0.15) is 0 Å². The van der Waals surface area contributed by atoms with E-state index in [9.17, 15) is 0 Å². The average Bonchev–Trinajstić information content (AvgIpc) is 2.61. The predicted molar refractivity (Wildman–Crippen MR) is 63.3 cm³/mol. The fourth-order valence-corrected chi connectivity index (χ4v) is 2.26. The molecule has 4 nitrogen and oxygen atoms in total. The van der Waals surface area contributed by atoms with Gasteiger partial charge in [-0.1, -0.05) is 12.1 Å². The first-order valence-corrected chi connectivity index (χ1v) is 6.08. The zero-order valence-corrected chi connectivity index (χ0v) is 10.4. The highest BCUT2D eigenvalue weighted by molar-refractivity contribution is 5.20. The van der Waals surface area contributed by atoms with Crippen molar-refractivity contribution in [1.82, 2.24) is 15.4 Å². The van der Waals surface area contributed by atoms with E-state index in [1.165, 1.54) is 12.0 Å². The van der Waals surface area contributed by atoms with E-state index in [-0.39, 0.29) is 0 Å². The number of nitrogens with one attached hydrogen (secondary N) is 1. The lowest BCUT2D eigenvalue weighted by atomic mass is 10.1. The highest BCUT2D eigenvalue weighted by Crippen LogP contribution is 2.16. The Labute approximate surface area is 97.0 Å². The fourth-order valence-electron chi connectivity index (χ4n) is 2.26. The number of piperazine rings is 1. The van der Waals surface area contributed by atoms with Gasteiger partial charge in [-0.15, -0.1) is 0 Å². The van der Waals surface area contributed by atoms with Crippen LogP contribution in [-0.2, 0) is 6.54 Å². The van der Waals surface area contributed by atoms with E-state index in [0.29, 0.717) is 6.04 Å². The molecule has 1 aliphatic rings. The first-order valence-electron chi connectivity index (χ1n) is 6.08. The molecular weight excluding hydrogens is 202 g/mol. The lowest BCUT2D eigenvalue weighted by molar-refractivity contribution is 0.189. The number of aryl methyl sites for hydroxylation is 2. The van der Waals surface area contributed by atoms with E-state index < -0.39 is 0 Å². The molecule has 2 rings (SSSR count). The second kappa shape index (κ2) is 4.97. The lowest BCUT2D eigenvalue weighted by Gasteiger charge is -2.33. The summed E-state index contributed by atoms with van der Waals surface area (Å²) in [5.74, 6) is 0.962. The van der Waals surface area contributed by atoms with E-state index in [4.69, 9.17) is 4.52 Å². The van der Waals surface area contributed by atoms with E-state index in [2.05, 4.69) is 22.3 Å². The Morgan fingerprint density at radius 3 is 2.94 bits per heavy atom. The third-order valence-corrected chi connectivity index (χ3v) is 3.40. The van der Waals surface area contributed by atoms with Gasteiger partial charge in [0.25, 0.3) is 0 Å². The molecule has 0 aromatic carbocycles. The first-order chi connectivity index (χ1) is 7.70. The number of hydrogen-bond donors (Lipinski definition) is 1. The van der Waals surface area contributed by atoms with Gasteiger partial charge in [0.05, 0.1) is 5.69 Å². The molecule has 0 aliphatic carbocycles. The fraction of sp³-hybridized carbons (Fsp3) is 0.750. The molecule has 1 saturated heterocycles. The molecule has 0 spiro atoms. The Morgan fingerprint density at radius 2 is 2.31 bits per heavy atom.